The standard InChI is InChI=1S/C11H17N.ClH/c1-3-4-7-10-8-5-6-9-11(10)12-2;/h5-6,8-9,12H,3-4,7H2,1-2H3;1H. The number of anilines is 1. The molecule has 0 fully saturated rings. The highest BCUT2D eigenvalue weighted by Crippen LogP contribution is 2.16. The van der Waals surface area contributed by atoms with Crippen LogP contribution in [-0.4, -0.2) is 7.05 Å². The van der Waals surface area contributed by atoms with Gasteiger partial charge in [0.05, 0.1) is 0 Å². The van der Waals surface area contributed by atoms with Crippen LogP contribution in [0.4, 0.5) is 5.69 Å². The van der Waals surface area contributed by atoms with Crippen LogP contribution in [-0.2, 0) is 6.42 Å². The average molecular weight is 200 g/mol. The van der Waals surface area contributed by atoms with Gasteiger partial charge in [-0.3, -0.25) is 0 Å². The van der Waals surface area contributed by atoms with Gasteiger partial charge in [-0.2, -0.15) is 0 Å². The smallest absolute Gasteiger partial charge is 0.0370 e. The average Bonchev–Trinajstić information content (AvgIpc) is 2.15. The summed E-state index contributed by atoms with van der Waals surface area (Å²) >= 11 is 0. The Morgan fingerprint density at radius 1 is 1.23 bits per heavy atom. The van der Waals surface area contributed by atoms with Crippen molar-refractivity contribution in [3.05, 3.63) is 29.8 Å². The molecule has 0 heterocycles. The van der Waals surface area contributed by atoms with Crippen LogP contribution in [0.2, 0.25) is 0 Å². The lowest BCUT2D eigenvalue weighted by Gasteiger charge is -2.07. The number of hydrogen-bond acceptors (Lipinski definition) is 1. The summed E-state index contributed by atoms with van der Waals surface area (Å²) in [5.41, 5.74) is 2.70. The van der Waals surface area contributed by atoms with E-state index in [0.29, 0.717) is 0 Å². The van der Waals surface area contributed by atoms with Crippen molar-refractivity contribution in [1.29, 1.82) is 0 Å². The molecule has 0 aliphatic rings. The molecule has 1 nitrogen and oxygen atoms in total. The van der Waals surface area contributed by atoms with Crippen molar-refractivity contribution in [2.24, 2.45) is 0 Å². The lowest BCUT2D eigenvalue weighted by Crippen LogP contribution is -1.94. The molecule has 0 aliphatic carbocycles. The minimum absolute atomic E-state index is 0. The molecule has 0 unspecified atom stereocenters. The topological polar surface area (TPSA) is 12.0 Å². The molecule has 0 spiro atoms. The molecule has 0 amide bonds. The zero-order valence-corrected chi connectivity index (χ0v) is 9.16. The minimum Gasteiger partial charge on any atom is -0.388 e. The van der Waals surface area contributed by atoms with E-state index in [2.05, 4.69) is 36.5 Å². The predicted molar refractivity (Wildman–Crippen MR) is 61.8 cm³/mol. The van der Waals surface area contributed by atoms with E-state index in [1.807, 2.05) is 7.05 Å². The Kier molecular flexibility index (Phi) is 6.43. The fraction of sp³-hybridized carbons (Fsp3) is 0.455. The first kappa shape index (κ1) is 12.3. The van der Waals surface area contributed by atoms with Gasteiger partial charge in [0, 0.05) is 12.7 Å². The Bertz CT molecular complexity index is 235. The summed E-state index contributed by atoms with van der Waals surface area (Å²) in [6.45, 7) is 2.22. The van der Waals surface area contributed by atoms with E-state index in [4.69, 9.17) is 0 Å². The van der Waals surface area contributed by atoms with Crippen molar-refractivity contribution < 1.29 is 0 Å². The van der Waals surface area contributed by atoms with Gasteiger partial charge in [-0.1, -0.05) is 31.5 Å². The number of para-hydroxylation sites is 1. The molecule has 0 aromatic heterocycles. The van der Waals surface area contributed by atoms with E-state index in [1.165, 1.54) is 30.5 Å². The Morgan fingerprint density at radius 3 is 2.54 bits per heavy atom. The number of nitrogens with one attached hydrogen (secondary N) is 1. The summed E-state index contributed by atoms with van der Waals surface area (Å²) in [6.07, 6.45) is 3.73. The summed E-state index contributed by atoms with van der Waals surface area (Å²) in [4.78, 5) is 0. The maximum absolute atomic E-state index is 3.20. The van der Waals surface area contributed by atoms with Crippen molar-refractivity contribution >= 4 is 18.1 Å². The quantitative estimate of drug-likeness (QED) is 0.783. The summed E-state index contributed by atoms with van der Waals surface area (Å²) in [6, 6.07) is 8.50. The zero-order chi connectivity index (χ0) is 8.81. The molecule has 74 valence electrons. The third kappa shape index (κ3) is 3.69. The molecule has 2 heteroatoms. The number of benzene rings is 1. The predicted octanol–water partition coefficient (Wildman–Crippen LogP) is 3.49. The third-order valence-corrected chi connectivity index (χ3v) is 2.09. The van der Waals surface area contributed by atoms with E-state index < -0.39 is 0 Å². The maximum atomic E-state index is 3.20. The fourth-order valence-electron chi connectivity index (χ4n) is 1.35. The molecule has 0 saturated heterocycles. The third-order valence-electron chi connectivity index (χ3n) is 2.09. The van der Waals surface area contributed by atoms with Crippen LogP contribution in [0.5, 0.6) is 0 Å². The molecule has 0 radical (unpaired) electrons. The Balaban J connectivity index is 0.00000144. The zero-order valence-electron chi connectivity index (χ0n) is 8.34. The van der Waals surface area contributed by atoms with Gasteiger partial charge in [-0.25, -0.2) is 0 Å². The van der Waals surface area contributed by atoms with Crippen LogP contribution in [0.1, 0.15) is 25.3 Å². The van der Waals surface area contributed by atoms with Crippen molar-refractivity contribution in [1.82, 2.24) is 0 Å². The van der Waals surface area contributed by atoms with Gasteiger partial charge >= 0.3 is 0 Å². The first-order valence-electron chi connectivity index (χ1n) is 4.64. The van der Waals surface area contributed by atoms with Gasteiger partial charge in [0.15, 0.2) is 0 Å². The number of hydrogen-bond donors (Lipinski definition) is 1. The molecule has 0 aliphatic heterocycles. The molecule has 1 aromatic carbocycles. The summed E-state index contributed by atoms with van der Waals surface area (Å²) in [5, 5.41) is 3.20. The molecule has 0 atom stereocenters. The Labute approximate surface area is 87.0 Å². The second-order valence-corrected chi connectivity index (χ2v) is 3.01. The monoisotopic (exact) mass is 199 g/mol. The van der Waals surface area contributed by atoms with E-state index in [1.54, 1.807) is 0 Å². The van der Waals surface area contributed by atoms with Crippen LogP contribution >= 0.6 is 12.4 Å². The molecule has 0 saturated carbocycles. The van der Waals surface area contributed by atoms with Crippen molar-refractivity contribution in [2.75, 3.05) is 12.4 Å². The van der Waals surface area contributed by atoms with Gasteiger partial charge in [-0.05, 0) is 24.5 Å². The van der Waals surface area contributed by atoms with Gasteiger partial charge in [0.25, 0.3) is 0 Å². The largest absolute Gasteiger partial charge is 0.388 e. The van der Waals surface area contributed by atoms with E-state index in [0.717, 1.165) is 0 Å². The highest BCUT2D eigenvalue weighted by atomic mass is 35.5. The normalized spacial score (nSPS) is 9.08. The number of halogens is 1. The number of rotatable bonds is 4. The molecule has 1 rings (SSSR count). The van der Waals surface area contributed by atoms with Crippen molar-refractivity contribution in [3.63, 3.8) is 0 Å². The van der Waals surface area contributed by atoms with Gasteiger partial charge in [0.2, 0.25) is 0 Å². The van der Waals surface area contributed by atoms with Crippen LogP contribution < -0.4 is 5.32 Å². The second kappa shape index (κ2) is 6.79. The number of aryl methyl sites for hydroxylation is 1. The van der Waals surface area contributed by atoms with Gasteiger partial charge in [0.1, 0.15) is 0 Å². The Hall–Kier alpha value is -0.690. The second-order valence-electron chi connectivity index (χ2n) is 3.01. The van der Waals surface area contributed by atoms with Crippen LogP contribution in [0.3, 0.4) is 0 Å². The molecule has 0 bridgehead atoms. The fourth-order valence-corrected chi connectivity index (χ4v) is 1.35. The summed E-state index contributed by atoms with van der Waals surface area (Å²) in [7, 11) is 1.98. The maximum Gasteiger partial charge on any atom is 0.0370 e. The van der Waals surface area contributed by atoms with Gasteiger partial charge < -0.3 is 5.32 Å². The molecular formula is C11H18ClN. The lowest BCUT2D eigenvalue weighted by molar-refractivity contribution is 0.796. The Morgan fingerprint density at radius 2 is 1.92 bits per heavy atom. The summed E-state index contributed by atoms with van der Waals surface area (Å²) in [5.74, 6) is 0. The van der Waals surface area contributed by atoms with Gasteiger partial charge in [-0.15, -0.1) is 12.4 Å². The minimum atomic E-state index is 0. The SMILES string of the molecule is CCCCc1ccccc1NC.Cl. The van der Waals surface area contributed by atoms with Crippen molar-refractivity contribution in [3.8, 4) is 0 Å². The molecular weight excluding hydrogens is 182 g/mol. The summed E-state index contributed by atoms with van der Waals surface area (Å²) < 4.78 is 0. The van der Waals surface area contributed by atoms with E-state index in [-0.39, 0.29) is 12.4 Å². The first-order valence-corrected chi connectivity index (χ1v) is 4.64. The molecule has 1 N–H and O–H groups in total. The van der Waals surface area contributed by atoms with E-state index >= 15 is 0 Å². The lowest BCUT2D eigenvalue weighted by atomic mass is 10.1. The van der Waals surface area contributed by atoms with Crippen LogP contribution in [0.25, 0.3) is 0 Å². The number of unbranched alkanes of at least 4 members (excludes halogenated alkanes) is 1. The van der Waals surface area contributed by atoms with Crippen LogP contribution in [0.15, 0.2) is 24.3 Å². The van der Waals surface area contributed by atoms with Crippen LogP contribution in [0, 0.1) is 0 Å². The van der Waals surface area contributed by atoms with Crippen molar-refractivity contribution in [2.45, 2.75) is 26.2 Å². The molecule has 13 heavy (non-hydrogen) atoms. The highest BCUT2D eigenvalue weighted by Gasteiger charge is 1.97. The molecule has 1 aromatic rings. The highest BCUT2D eigenvalue weighted by molar-refractivity contribution is 5.85. The van der Waals surface area contributed by atoms with E-state index in [9.17, 15) is 0 Å². The first-order chi connectivity index (χ1) is 5.88.